The number of benzene rings is 1. The lowest BCUT2D eigenvalue weighted by atomic mass is 9.85. The summed E-state index contributed by atoms with van der Waals surface area (Å²) in [6.45, 7) is 2.23. The second-order valence-electron chi connectivity index (χ2n) is 6.20. The fourth-order valence-corrected chi connectivity index (χ4v) is 5.35. The molecule has 2 atom stereocenters. The molecule has 2 aliphatic rings. The van der Waals surface area contributed by atoms with Crippen molar-refractivity contribution < 1.29 is 5.11 Å². The molecule has 104 valence electrons. The maximum atomic E-state index is 11.0. The summed E-state index contributed by atoms with van der Waals surface area (Å²) < 4.78 is 0. The van der Waals surface area contributed by atoms with Crippen molar-refractivity contribution in [3.63, 3.8) is 0 Å². The molecule has 0 saturated carbocycles. The Morgan fingerprint density at radius 1 is 1.16 bits per heavy atom. The van der Waals surface area contributed by atoms with Gasteiger partial charge in [0.1, 0.15) is 0 Å². The third kappa shape index (κ3) is 2.85. The summed E-state index contributed by atoms with van der Waals surface area (Å²) >= 11 is 2.10. The van der Waals surface area contributed by atoms with Crippen LogP contribution in [0.25, 0.3) is 0 Å². The van der Waals surface area contributed by atoms with Crippen LogP contribution in [-0.2, 0) is 12.0 Å². The second-order valence-corrected chi connectivity index (χ2v) is 7.80. The van der Waals surface area contributed by atoms with Gasteiger partial charge in [-0.15, -0.1) is 0 Å². The van der Waals surface area contributed by atoms with E-state index in [1.807, 2.05) is 0 Å². The van der Waals surface area contributed by atoms with Crippen molar-refractivity contribution in [2.45, 2.75) is 68.0 Å². The molecule has 2 heteroatoms. The summed E-state index contributed by atoms with van der Waals surface area (Å²) in [7, 11) is 0. The van der Waals surface area contributed by atoms with Crippen LogP contribution in [0.2, 0.25) is 0 Å². The van der Waals surface area contributed by atoms with Crippen molar-refractivity contribution in [3.8, 4) is 0 Å². The zero-order valence-corrected chi connectivity index (χ0v) is 12.6. The van der Waals surface area contributed by atoms with Crippen molar-refractivity contribution >= 4 is 11.8 Å². The maximum absolute atomic E-state index is 11.0. The molecule has 1 aromatic carbocycles. The molecule has 0 spiro atoms. The monoisotopic (exact) mass is 276 g/mol. The van der Waals surface area contributed by atoms with Gasteiger partial charge in [0.05, 0.1) is 5.60 Å². The van der Waals surface area contributed by atoms with E-state index >= 15 is 0 Å². The number of aryl methyl sites for hydroxylation is 1. The third-order valence-corrected chi connectivity index (χ3v) is 6.21. The Bertz CT molecular complexity index is 413. The smallest absolute Gasteiger partial charge is 0.0917 e. The van der Waals surface area contributed by atoms with Crippen LogP contribution in [0.1, 0.15) is 56.6 Å². The molecule has 2 saturated heterocycles. The fraction of sp³-hybridized carbons (Fsp3) is 0.647. The molecule has 1 nitrogen and oxygen atoms in total. The first-order chi connectivity index (χ1) is 9.19. The minimum Gasteiger partial charge on any atom is -0.385 e. The van der Waals surface area contributed by atoms with E-state index < -0.39 is 5.60 Å². The van der Waals surface area contributed by atoms with Crippen LogP contribution >= 0.6 is 11.8 Å². The molecular weight excluding hydrogens is 252 g/mol. The van der Waals surface area contributed by atoms with Gasteiger partial charge < -0.3 is 5.11 Å². The van der Waals surface area contributed by atoms with E-state index in [2.05, 4.69) is 43.0 Å². The summed E-state index contributed by atoms with van der Waals surface area (Å²) in [6.07, 6.45) is 8.15. The largest absolute Gasteiger partial charge is 0.385 e. The normalized spacial score (nSPS) is 33.6. The number of hydrogen-bond acceptors (Lipinski definition) is 2. The van der Waals surface area contributed by atoms with Gasteiger partial charge in [-0.3, -0.25) is 0 Å². The van der Waals surface area contributed by atoms with Crippen LogP contribution in [0.3, 0.4) is 0 Å². The summed E-state index contributed by atoms with van der Waals surface area (Å²) in [5, 5.41) is 12.3. The second kappa shape index (κ2) is 5.49. The Labute approximate surface area is 120 Å². The predicted octanol–water partition coefficient (Wildman–Crippen LogP) is 4.27. The fourth-order valence-electron chi connectivity index (χ4n) is 3.52. The third-order valence-electron chi connectivity index (χ3n) is 4.64. The van der Waals surface area contributed by atoms with Gasteiger partial charge in [-0.2, -0.15) is 11.8 Å². The minimum absolute atomic E-state index is 0.555. The molecule has 2 unspecified atom stereocenters. The van der Waals surface area contributed by atoms with Gasteiger partial charge in [-0.25, -0.2) is 0 Å². The van der Waals surface area contributed by atoms with Crippen LogP contribution in [0.15, 0.2) is 24.3 Å². The predicted molar refractivity (Wildman–Crippen MR) is 82.6 cm³/mol. The average Bonchev–Trinajstić information content (AvgIpc) is 2.77. The van der Waals surface area contributed by atoms with E-state index in [0.29, 0.717) is 10.5 Å². The van der Waals surface area contributed by atoms with E-state index in [-0.39, 0.29) is 0 Å². The summed E-state index contributed by atoms with van der Waals surface area (Å²) in [5.41, 5.74) is 1.99. The van der Waals surface area contributed by atoms with Crippen LogP contribution < -0.4 is 0 Å². The van der Waals surface area contributed by atoms with Crippen molar-refractivity contribution in [2.75, 3.05) is 0 Å². The first kappa shape index (κ1) is 13.5. The standard InChI is InChI=1S/C17H24OS/c1-2-3-4-13-5-7-14(8-6-13)17(18)11-15-9-10-16(12-17)19-15/h5-8,15-16,18H,2-4,9-12H2,1H3. The summed E-state index contributed by atoms with van der Waals surface area (Å²) in [5.74, 6) is 0. The Morgan fingerprint density at radius 2 is 1.79 bits per heavy atom. The van der Waals surface area contributed by atoms with E-state index in [4.69, 9.17) is 0 Å². The molecule has 0 aromatic heterocycles. The van der Waals surface area contributed by atoms with Crippen molar-refractivity contribution in [2.24, 2.45) is 0 Å². The SMILES string of the molecule is CCCCc1ccc(C2(O)CC3CCC(C2)S3)cc1. The van der Waals surface area contributed by atoms with Gasteiger partial charge in [0.2, 0.25) is 0 Å². The zero-order valence-electron chi connectivity index (χ0n) is 11.8. The van der Waals surface area contributed by atoms with Crippen molar-refractivity contribution in [1.82, 2.24) is 0 Å². The highest BCUT2D eigenvalue weighted by Crippen LogP contribution is 2.51. The molecule has 2 aliphatic heterocycles. The Kier molecular flexibility index (Phi) is 3.91. The number of hydrogen-bond donors (Lipinski definition) is 1. The van der Waals surface area contributed by atoms with E-state index in [9.17, 15) is 5.11 Å². The maximum Gasteiger partial charge on any atom is 0.0917 e. The van der Waals surface area contributed by atoms with Crippen LogP contribution in [0, 0.1) is 0 Å². The number of rotatable bonds is 4. The lowest BCUT2D eigenvalue weighted by molar-refractivity contribution is 0.0196. The molecule has 2 heterocycles. The van der Waals surface area contributed by atoms with Gasteiger partial charge in [0.15, 0.2) is 0 Å². The quantitative estimate of drug-likeness (QED) is 0.886. The van der Waals surface area contributed by atoms with Crippen molar-refractivity contribution in [3.05, 3.63) is 35.4 Å². The summed E-state index contributed by atoms with van der Waals surface area (Å²) in [6, 6.07) is 8.76. The number of unbranched alkanes of at least 4 members (excludes halogenated alkanes) is 1. The first-order valence-electron chi connectivity index (χ1n) is 7.67. The Balaban J connectivity index is 1.74. The van der Waals surface area contributed by atoms with Crippen LogP contribution in [0.5, 0.6) is 0 Å². The highest BCUT2D eigenvalue weighted by atomic mass is 32.2. The molecule has 0 amide bonds. The lowest BCUT2D eigenvalue weighted by Gasteiger charge is -2.36. The van der Waals surface area contributed by atoms with Crippen LogP contribution in [-0.4, -0.2) is 15.6 Å². The Hall–Kier alpha value is -0.470. The van der Waals surface area contributed by atoms with Gasteiger partial charge in [0.25, 0.3) is 0 Å². The number of thioether (sulfide) groups is 1. The molecule has 19 heavy (non-hydrogen) atoms. The molecule has 3 rings (SSSR count). The van der Waals surface area contributed by atoms with Gasteiger partial charge in [-0.05, 0) is 49.7 Å². The van der Waals surface area contributed by atoms with Gasteiger partial charge in [-0.1, -0.05) is 37.6 Å². The molecule has 1 N–H and O–H groups in total. The van der Waals surface area contributed by atoms with Gasteiger partial charge in [0, 0.05) is 10.5 Å². The number of fused-ring (bicyclic) bond motifs is 2. The summed E-state index contributed by atoms with van der Waals surface area (Å²) in [4.78, 5) is 0. The molecular formula is C17H24OS. The van der Waals surface area contributed by atoms with Crippen LogP contribution in [0.4, 0.5) is 0 Å². The number of aliphatic hydroxyl groups is 1. The molecule has 2 fully saturated rings. The minimum atomic E-state index is -0.555. The van der Waals surface area contributed by atoms with Gasteiger partial charge >= 0.3 is 0 Å². The molecule has 0 radical (unpaired) electrons. The van der Waals surface area contributed by atoms with E-state index in [0.717, 1.165) is 24.8 Å². The average molecular weight is 276 g/mol. The van der Waals surface area contributed by atoms with E-state index in [1.54, 1.807) is 0 Å². The molecule has 1 aromatic rings. The van der Waals surface area contributed by atoms with Crippen molar-refractivity contribution in [1.29, 1.82) is 0 Å². The highest BCUT2D eigenvalue weighted by Gasteiger charge is 2.44. The lowest BCUT2D eigenvalue weighted by Crippen LogP contribution is -2.34. The van der Waals surface area contributed by atoms with E-state index in [1.165, 1.54) is 31.2 Å². The molecule has 0 aliphatic carbocycles. The topological polar surface area (TPSA) is 20.2 Å². The zero-order chi connectivity index (χ0) is 13.3. The first-order valence-corrected chi connectivity index (χ1v) is 8.61. The highest BCUT2D eigenvalue weighted by molar-refractivity contribution is 8.00. The Morgan fingerprint density at radius 3 is 2.37 bits per heavy atom. The molecule has 2 bridgehead atoms.